The molecule has 1 aromatic heterocycles. The molecule has 0 unspecified atom stereocenters. The smallest absolute Gasteiger partial charge is 0.227 e. The number of hydrogen-bond donors (Lipinski definition) is 1. The van der Waals surface area contributed by atoms with E-state index < -0.39 is 0 Å². The summed E-state index contributed by atoms with van der Waals surface area (Å²) in [5.74, 6) is 2.38. The monoisotopic (exact) mass is 305 g/mol. The van der Waals surface area contributed by atoms with Gasteiger partial charge in [-0.2, -0.15) is 4.98 Å². The lowest BCUT2D eigenvalue weighted by Crippen LogP contribution is -2.05. The molecule has 1 heterocycles. The molecule has 0 fully saturated rings. The molecular formula is C16H20ClN3O. The molecule has 1 aromatic carbocycles. The van der Waals surface area contributed by atoms with Crippen molar-refractivity contribution in [3.8, 4) is 11.6 Å². The number of nitrogens with zero attached hydrogens (tertiary/aromatic N) is 2. The van der Waals surface area contributed by atoms with Gasteiger partial charge in [0.05, 0.1) is 5.56 Å². The van der Waals surface area contributed by atoms with Gasteiger partial charge < -0.3 is 10.5 Å². The van der Waals surface area contributed by atoms with E-state index in [0.717, 1.165) is 34.6 Å². The van der Waals surface area contributed by atoms with E-state index in [4.69, 9.17) is 22.1 Å². The summed E-state index contributed by atoms with van der Waals surface area (Å²) in [5.41, 5.74) is 8.63. The Bertz CT molecular complexity index is 648. The number of nitrogen functional groups attached to an aromatic ring is 1. The van der Waals surface area contributed by atoms with Crippen LogP contribution in [0.2, 0.25) is 5.02 Å². The maximum absolute atomic E-state index is 6.17. The Labute approximate surface area is 130 Å². The number of hydrogen-bond acceptors (Lipinski definition) is 4. The van der Waals surface area contributed by atoms with Gasteiger partial charge in [0.1, 0.15) is 17.4 Å². The molecule has 0 bridgehead atoms. The Morgan fingerprint density at radius 2 is 1.76 bits per heavy atom. The first-order valence-corrected chi connectivity index (χ1v) is 7.37. The van der Waals surface area contributed by atoms with Gasteiger partial charge in [-0.05, 0) is 50.5 Å². The van der Waals surface area contributed by atoms with E-state index in [1.807, 2.05) is 32.9 Å². The van der Waals surface area contributed by atoms with Crippen LogP contribution in [0.4, 0.5) is 5.82 Å². The lowest BCUT2D eigenvalue weighted by atomic mass is 10.1. The van der Waals surface area contributed by atoms with E-state index >= 15 is 0 Å². The first kappa shape index (κ1) is 15.6. The average Bonchev–Trinajstić information content (AvgIpc) is 2.42. The van der Waals surface area contributed by atoms with Gasteiger partial charge in [0.25, 0.3) is 0 Å². The molecule has 0 aliphatic carbocycles. The van der Waals surface area contributed by atoms with Gasteiger partial charge in [-0.25, -0.2) is 4.98 Å². The zero-order chi connectivity index (χ0) is 15.6. The second-order valence-electron chi connectivity index (χ2n) is 5.18. The molecule has 0 spiro atoms. The summed E-state index contributed by atoms with van der Waals surface area (Å²) in [6.45, 7) is 7.83. The van der Waals surface area contributed by atoms with Gasteiger partial charge in [0, 0.05) is 11.4 Å². The molecule has 5 heteroatoms. The number of benzene rings is 1. The van der Waals surface area contributed by atoms with Crippen LogP contribution in [0, 0.1) is 20.8 Å². The van der Waals surface area contributed by atoms with E-state index in [9.17, 15) is 0 Å². The summed E-state index contributed by atoms with van der Waals surface area (Å²) in [4.78, 5) is 8.73. The highest BCUT2D eigenvalue weighted by molar-refractivity contribution is 6.32. The van der Waals surface area contributed by atoms with Crippen molar-refractivity contribution in [1.82, 2.24) is 9.97 Å². The fraction of sp³-hybridized carbons (Fsp3) is 0.375. The minimum atomic E-state index is 0.464. The normalized spacial score (nSPS) is 10.7. The van der Waals surface area contributed by atoms with E-state index in [-0.39, 0.29) is 0 Å². The zero-order valence-electron chi connectivity index (χ0n) is 12.8. The number of ether oxygens (including phenoxy) is 1. The van der Waals surface area contributed by atoms with E-state index in [2.05, 4.69) is 16.9 Å². The molecular weight excluding hydrogens is 286 g/mol. The fourth-order valence-electron chi connectivity index (χ4n) is 2.07. The number of halogens is 1. The largest absolute Gasteiger partial charge is 0.439 e. The van der Waals surface area contributed by atoms with Crippen LogP contribution in [-0.4, -0.2) is 9.97 Å². The predicted molar refractivity (Wildman–Crippen MR) is 86.2 cm³/mol. The summed E-state index contributed by atoms with van der Waals surface area (Å²) in [5, 5.41) is 0.757. The Kier molecular flexibility index (Phi) is 4.68. The van der Waals surface area contributed by atoms with Gasteiger partial charge in [-0.3, -0.25) is 0 Å². The maximum atomic E-state index is 6.17. The van der Waals surface area contributed by atoms with Crippen LogP contribution in [0.25, 0.3) is 0 Å². The summed E-state index contributed by atoms with van der Waals surface area (Å²) < 4.78 is 5.90. The standard InChI is InChI=1S/C16H20ClN3O/c1-5-6-13-19-15(18)11(4)16(20-13)21-12-7-9(2)14(17)10(3)8-12/h7-8H,5-6H2,1-4H3,(H2,18,19,20). The van der Waals surface area contributed by atoms with Crippen LogP contribution in [0.3, 0.4) is 0 Å². The zero-order valence-corrected chi connectivity index (χ0v) is 13.6. The van der Waals surface area contributed by atoms with Crippen molar-refractivity contribution in [3.05, 3.63) is 39.7 Å². The van der Waals surface area contributed by atoms with Gasteiger partial charge in [0.2, 0.25) is 5.88 Å². The third-order valence-corrected chi connectivity index (χ3v) is 3.88. The molecule has 112 valence electrons. The summed E-state index contributed by atoms with van der Waals surface area (Å²) in [6, 6.07) is 3.79. The molecule has 0 saturated heterocycles. The molecule has 2 aromatic rings. The van der Waals surface area contributed by atoms with Crippen LogP contribution >= 0.6 is 11.6 Å². The number of nitrogens with two attached hydrogens (primary N) is 1. The fourth-order valence-corrected chi connectivity index (χ4v) is 2.18. The average molecular weight is 306 g/mol. The van der Waals surface area contributed by atoms with Crippen LogP contribution in [-0.2, 0) is 6.42 Å². The lowest BCUT2D eigenvalue weighted by Gasteiger charge is -2.12. The number of aromatic nitrogens is 2. The molecule has 0 radical (unpaired) electrons. The third kappa shape index (κ3) is 3.45. The highest BCUT2D eigenvalue weighted by Gasteiger charge is 2.12. The molecule has 2 rings (SSSR count). The summed E-state index contributed by atoms with van der Waals surface area (Å²) in [7, 11) is 0. The molecule has 0 aliphatic heterocycles. The maximum Gasteiger partial charge on any atom is 0.227 e. The predicted octanol–water partition coefficient (Wildman–Crippen LogP) is 4.38. The van der Waals surface area contributed by atoms with Crippen LogP contribution in [0.5, 0.6) is 11.6 Å². The summed E-state index contributed by atoms with van der Waals surface area (Å²) >= 11 is 6.17. The Morgan fingerprint density at radius 3 is 2.33 bits per heavy atom. The van der Waals surface area contributed by atoms with Crippen LogP contribution < -0.4 is 10.5 Å². The van der Waals surface area contributed by atoms with Crippen LogP contribution in [0.1, 0.15) is 35.9 Å². The number of aryl methyl sites for hydroxylation is 3. The van der Waals surface area contributed by atoms with Crippen molar-refractivity contribution < 1.29 is 4.74 Å². The minimum absolute atomic E-state index is 0.464. The van der Waals surface area contributed by atoms with Crippen molar-refractivity contribution in [3.63, 3.8) is 0 Å². The molecule has 0 aliphatic rings. The van der Waals surface area contributed by atoms with E-state index in [1.54, 1.807) is 0 Å². The quantitative estimate of drug-likeness (QED) is 0.910. The molecule has 0 amide bonds. The van der Waals surface area contributed by atoms with Crippen molar-refractivity contribution in [2.24, 2.45) is 0 Å². The first-order valence-electron chi connectivity index (χ1n) is 7.00. The second kappa shape index (κ2) is 6.31. The molecule has 4 nitrogen and oxygen atoms in total. The first-order chi connectivity index (χ1) is 9.92. The second-order valence-corrected chi connectivity index (χ2v) is 5.56. The highest BCUT2D eigenvalue weighted by atomic mass is 35.5. The molecule has 21 heavy (non-hydrogen) atoms. The Hall–Kier alpha value is -1.81. The van der Waals surface area contributed by atoms with Crippen LogP contribution in [0.15, 0.2) is 12.1 Å². The Balaban J connectivity index is 2.39. The summed E-state index contributed by atoms with van der Waals surface area (Å²) in [6.07, 6.45) is 1.74. The van der Waals surface area contributed by atoms with Gasteiger partial charge in [-0.15, -0.1) is 0 Å². The number of rotatable bonds is 4. The topological polar surface area (TPSA) is 61.0 Å². The lowest BCUT2D eigenvalue weighted by molar-refractivity contribution is 0.454. The number of anilines is 1. The van der Waals surface area contributed by atoms with Crippen molar-refractivity contribution in [1.29, 1.82) is 0 Å². The SMILES string of the molecule is CCCc1nc(N)c(C)c(Oc2cc(C)c(Cl)c(C)c2)n1. The van der Waals surface area contributed by atoms with Gasteiger partial charge in [-0.1, -0.05) is 18.5 Å². The highest BCUT2D eigenvalue weighted by Crippen LogP contribution is 2.30. The van der Waals surface area contributed by atoms with Gasteiger partial charge >= 0.3 is 0 Å². The van der Waals surface area contributed by atoms with Crippen molar-refractivity contribution >= 4 is 17.4 Å². The van der Waals surface area contributed by atoms with E-state index in [1.165, 1.54) is 0 Å². The molecule has 0 atom stereocenters. The van der Waals surface area contributed by atoms with E-state index in [0.29, 0.717) is 23.3 Å². The molecule has 2 N–H and O–H groups in total. The van der Waals surface area contributed by atoms with Gasteiger partial charge in [0.15, 0.2) is 0 Å². The Morgan fingerprint density at radius 1 is 1.14 bits per heavy atom. The molecule has 0 saturated carbocycles. The van der Waals surface area contributed by atoms with Crippen molar-refractivity contribution in [2.75, 3.05) is 5.73 Å². The third-order valence-electron chi connectivity index (χ3n) is 3.28. The minimum Gasteiger partial charge on any atom is -0.439 e. The van der Waals surface area contributed by atoms with Crippen molar-refractivity contribution in [2.45, 2.75) is 40.5 Å².